The van der Waals surface area contributed by atoms with Crippen molar-refractivity contribution in [2.75, 3.05) is 26.4 Å². The molecule has 1 saturated carbocycles. The van der Waals surface area contributed by atoms with Gasteiger partial charge in [-0.05, 0) is 76.5 Å². The van der Waals surface area contributed by atoms with Gasteiger partial charge in [0, 0.05) is 25.2 Å². The van der Waals surface area contributed by atoms with Gasteiger partial charge in [0.25, 0.3) is 0 Å². The number of allylic oxidation sites excluding steroid dienone is 12. The van der Waals surface area contributed by atoms with Crippen molar-refractivity contribution < 1.29 is 63.1 Å². The van der Waals surface area contributed by atoms with Gasteiger partial charge in [0.2, 0.25) is 0 Å². The lowest BCUT2D eigenvalue weighted by Gasteiger charge is -2.20. The number of esters is 2. The minimum atomic E-state index is -4.71. The molecule has 0 saturated heterocycles. The van der Waals surface area contributed by atoms with Crippen LogP contribution < -0.4 is 0 Å². The fraction of sp³-hybridized carbons (Fsp3) is 0.667. The fourth-order valence-electron chi connectivity index (χ4n) is 6.50. The summed E-state index contributed by atoms with van der Waals surface area (Å²) in [6, 6.07) is 0. The molecule has 354 valence electrons. The highest BCUT2D eigenvalue weighted by Crippen LogP contribution is 2.43. The van der Waals surface area contributed by atoms with Crippen molar-refractivity contribution in [3.05, 3.63) is 85.1 Å². The Morgan fingerprint density at radius 1 is 0.677 bits per heavy atom. The molecule has 8 atom stereocenters. The summed E-state index contributed by atoms with van der Waals surface area (Å²) in [5.74, 6) is -1.68. The number of carbonyl (C=O) groups is 2. The molecule has 0 aromatic rings. The normalized spacial score (nSPS) is 21.1. The average molecular weight is 895 g/mol. The fourth-order valence-corrected chi connectivity index (χ4v) is 7.29. The molecular formula is C48H79O13P. The van der Waals surface area contributed by atoms with E-state index in [-0.39, 0.29) is 31.1 Å². The molecular weight excluding hydrogens is 815 g/mol. The zero-order valence-corrected chi connectivity index (χ0v) is 38.3. The highest BCUT2D eigenvalue weighted by molar-refractivity contribution is 7.47. The molecule has 0 aromatic carbocycles. The Labute approximate surface area is 371 Å². The van der Waals surface area contributed by atoms with Crippen LogP contribution in [0.3, 0.4) is 0 Å². The molecule has 0 spiro atoms. The van der Waals surface area contributed by atoms with Gasteiger partial charge >= 0.3 is 19.8 Å². The summed E-state index contributed by atoms with van der Waals surface area (Å²) < 4.78 is 32.6. The molecule has 0 bridgehead atoms. The van der Waals surface area contributed by atoms with Crippen LogP contribution in [0.5, 0.6) is 0 Å². The molecule has 13 nitrogen and oxygen atoms in total. The van der Waals surface area contributed by atoms with Crippen molar-refractivity contribution in [2.24, 2.45) is 11.8 Å². The van der Waals surface area contributed by atoms with E-state index in [0.717, 1.165) is 44.9 Å². The first-order chi connectivity index (χ1) is 29.9. The van der Waals surface area contributed by atoms with Gasteiger partial charge in [0.05, 0.1) is 38.1 Å². The minimum absolute atomic E-state index is 0.00670. The summed E-state index contributed by atoms with van der Waals surface area (Å²) in [6.07, 6.45) is 38.0. The Kier molecular flexibility index (Phi) is 34.4. The number of carbonyl (C=O) groups excluding carboxylic acids is 2. The van der Waals surface area contributed by atoms with Crippen LogP contribution in [0, 0.1) is 11.8 Å². The predicted molar refractivity (Wildman–Crippen MR) is 244 cm³/mol. The molecule has 1 aliphatic carbocycles. The lowest BCUT2D eigenvalue weighted by atomic mass is 9.89. The first-order valence-electron chi connectivity index (χ1n) is 22.8. The number of hydrogen-bond donors (Lipinski definition) is 6. The molecule has 0 amide bonds. The number of phosphoric ester groups is 1. The van der Waals surface area contributed by atoms with Crippen LogP contribution in [0.15, 0.2) is 85.1 Å². The highest BCUT2D eigenvalue weighted by atomic mass is 31.2. The number of unbranched alkanes of at least 4 members (excludes halogenated alkanes) is 6. The molecule has 14 heteroatoms. The van der Waals surface area contributed by atoms with Crippen LogP contribution in [0.4, 0.5) is 0 Å². The third-order valence-corrected chi connectivity index (χ3v) is 11.1. The van der Waals surface area contributed by atoms with Gasteiger partial charge in [-0.1, -0.05) is 131 Å². The first-order valence-corrected chi connectivity index (χ1v) is 24.3. The first kappa shape index (κ1) is 57.0. The second-order valence-corrected chi connectivity index (χ2v) is 17.1. The molecule has 1 rings (SSSR count). The summed E-state index contributed by atoms with van der Waals surface area (Å²) >= 11 is 0. The summed E-state index contributed by atoms with van der Waals surface area (Å²) in [6.45, 7) is 1.87. The van der Waals surface area contributed by atoms with Crippen LogP contribution in [-0.4, -0.2) is 99.3 Å². The van der Waals surface area contributed by atoms with E-state index in [9.17, 15) is 39.5 Å². The van der Waals surface area contributed by atoms with E-state index < -0.39 is 76.7 Å². The number of hydrogen-bond acceptors (Lipinski definition) is 12. The molecule has 0 aliphatic heterocycles. The van der Waals surface area contributed by atoms with Gasteiger partial charge in [0.15, 0.2) is 6.10 Å². The molecule has 0 heterocycles. The van der Waals surface area contributed by atoms with E-state index >= 15 is 0 Å². The highest BCUT2D eigenvalue weighted by Gasteiger charge is 2.39. The molecule has 6 N–H and O–H groups in total. The van der Waals surface area contributed by atoms with E-state index in [1.807, 2.05) is 36.5 Å². The SMILES string of the molecule is CCCCC/C=C\C/C=C\C/C=C\C/C=C\C/C=C\CCC(=O)O[C@H](COC(=O)CCC/C=C/C[C@@H]1[C@@H](/C=C/[C@@H](O)CCCCC)[C@H](O)C[C@@H]1O)COP(=O)(O)OC[C@@H](O)CO. The number of ether oxygens (including phenoxy) is 2. The number of aliphatic hydroxyl groups is 5. The molecule has 0 radical (unpaired) electrons. The summed E-state index contributed by atoms with van der Waals surface area (Å²) in [4.78, 5) is 35.2. The van der Waals surface area contributed by atoms with Crippen LogP contribution in [0.2, 0.25) is 0 Å². The third kappa shape index (κ3) is 31.0. The Balaban J connectivity index is 2.51. The van der Waals surface area contributed by atoms with Crippen LogP contribution in [0.25, 0.3) is 0 Å². The van der Waals surface area contributed by atoms with Crippen LogP contribution in [-0.2, 0) is 32.7 Å². The van der Waals surface area contributed by atoms with Crippen molar-refractivity contribution in [1.29, 1.82) is 0 Å². The average Bonchev–Trinajstić information content (AvgIpc) is 3.52. The lowest BCUT2D eigenvalue weighted by Crippen LogP contribution is -2.29. The maximum absolute atomic E-state index is 12.6. The lowest BCUT2D eigenvalue weighted by molar-refractivity contribution is -0.161. The van der Waals surface area contributed by atoms with Gasteiger partial charge in [-0.15, -0.1) is 0 Å². The number of rotatable bonds is 37. The third-order valence-electron chi connectivity index (χ3n) is 10.1. The van der Waals surface area contributed by atoms with E-state index in [2.05, 4.69) is 60.9 Å². The van der Waals surface area contributed by atoms with E-state index in [0.29, 0.717) is 38.5 Å². The Morgan fingerprint density at radius 2 is 1.24 bits per heavy atom. The van der Waals surface area contributed by atoms with Crippen LogP contribution >= 0.6 is 7.82 Å². The summed E-state index contributed by atoms with van der Waals surface area (Å²) in [5.41, 5.74) is 0. The van der Waals surface area contributed by atoms with E-state index in [1.165, 1.54) is 19.3 Å². The maximum Gasteiger partial charge on any atom is 0.472 e. The second-order valence-electron chi connectivity index (χ2n) is 15.7. The number of aliphatic hydroxyl groups excluding tert-OH is 5. The largest absolute Gasteiger partial charge is 0.472 e. The second kappa shape index (κ2) is 37.4. The van der Waals surface area contributed by atoms with Crippen LogP contribution in [0.1, 0.15) is 136 Å². The Morgan fingerprint density at radius 3 is 1.87 bits per heavy atom. The topological polar surface area (TPSA) is 210 Å². The summed E-state index contributed by atoms with van der Waals surface area (Å²) in [5, 5.41) is 49.7. The molecule has 62 heavy (non-hydrogen) atoms. The smallest absolute Gasteiger partial charge is 0.462 e. The predicted octanol–water partition coefficient (Wildman–Crippen LogP) is 8.60. The minimum Gasteiger partial charge on any atom is -0.462 e. The van der Waals surface area contributed by atoms with Gasteiger partial charge in [0.1, 0.15) is 12.7 Å². The number of phosphoric acid groups is 1. The van der Waals surface area contributed by atoms with Crippen molar-refractivity contribution in [3.63, 3.8) is 0 Å². The van der Waals surface area contributed by atoms with Crippen molar-refractivity contribution in [3.8, 4) is 0 Å². The van der Waals surface area contributed by atoms with Crippen molar-refractivity contribution in [1.82, 2.24) is 0 Å². The van der Waals surface area contributed by atoms with Crippen molar-refractivity contribution >= 4 is 19.8 Å². The Bertz CT molecular complexity index is 1420. The van der Waals surface area contributed by atoms with E-state index in [1.54, 1.807) is 6.08 Å². The maximum atomic E-state index is 12.6. The molecule has 1 aliphatic rings. The summed E-state index contributed by atoms with van der Waals surface area (Å²) in [7, 11) is -4.71. The zero-order valence-electron chi connectivity index (χ0n) is 37.4. The van der Waals surface area contributed by atoms with Crippen molar-refractivity contribution in [2.45, 2.75) is 166 Å². The van der Waals surface area contributed by atoms with E-state index in [4.69, 9.17) is 19.1 Å². The standard InChI is InChI=1S/C48H79O13P/c1-3-5-7-8-9-10-11-12-13-14-15-16-17-18-19-20-21-22-28-32-48(55)61-42(39-60-62(56,57)59-37-41(51)36-49)38-58-47(54)31-27-24-23-26-30-43-44(46(53)35-45(43)52)34-33-40(50)29-25-6-4-2/h9-10,12-13,15-16,18-19,21-23,26,33-34,40-46,49-53H,3-8,11,14,17,20,24-25,27-32,35-39H2,1-2H3,(H,56,57)/b10-9-,13-12-,16-15-,19-18-,22-21-,26-23+,34-33+/t40-,41-,42+,43+,44+,45-,46+/m0/s1. The zero-order chi connectivity index (χ0) is 45.7. The van der Waals surface area contributed by atoms with Gasteiger partial charge < -0.3 is 39.9 Å². The molecule has 0 aromatic heterocycles. The quantitative estimate of drug-likeness (QED) is 0.0150. The molecule has 1 unspecified atom stereocenters. The van der Waals surface area contributed by atoms with Gasteiger partial charge in [-0.3, -0.25) is 18.6 Å². The monoisotopic (exact) mass is 895 g/mol. The molecule has 1 fully saturated rings. The Hall–Kier alpha value is -2.97. The van der Waals surface area contributed by atoms with Gasteiger partial charge in [-0.25, -0.2) is 4.57 Å². The van der Waals surface area contributed by atoms with Gasteiger partial charge in [-0.2, -0.15) is 0 Å².